The quantitative estimate of drug-likeness (QED) is 0.777. The van der Waals surface area contributed by atoms with E-state index < -0.39 is 7.80 Å². The molecule has 2 nitrogen and oxygen atoms in total. The molecule has 1 unspecified atom stereocenters. The Labute approximate surface area is 102 Å². The van der Waals surface area contributed by atoms with Crippen molar-refractivity contribution in [3.05, 3.63) is 54.1 Å². The largest absolute Gasteiger partial charge is 0.492 e. The van der Waals surface area contributed by atoms with Crippen LogP contribution in [0.4, 0.5) is 0 Å². The maximum Gasteiger partial charge on any atom is 0.419 e. The zero-order chi connectivity index (χ0) is 12.3. The normalized spacial score (nSPS) is 11.1. The monoisotopic (exact) mass is 245 g/mol. The van der Waals surface area contributed by atoms with Gasteiger partial charge in [-0.15, -0.1) is 0 Å². The number of aryl methyl sites for hydroxylation is 1. The van der Waals surface area contributed by atoms with Gasteiger partial charge < -0.3 is 4.74 Å². The minimum atomic E-state index is -1.59. The van der Waals surface area contributed by atoms with Crippen LogP contribution in [0.3, 0.4) is 0 Å². The number of ether oxygens (including phenoxy) is 1. The van der Waals surface area contributed by atoms with Crippen LogP contribution in [0.2, 0.25) is 0 Å². The first-order valence-electron chi connectivity index (χ1n) is 5.40. The van der Waals surface area contributed by atoms with Gasteiger partial charge in [0, 0.05) is 5.56 Å². The number of methoxy groups -OCH3 is 1. The lowest BCUT2D eigenvalue weighted by molar-refractivity contribution is 0.418. The van der Waals surface area contributed by atoms with Crippen molar-refractivity contribution in [3.63, 3.8) is 0 Å². The van der Waals surface area contributed by atoms with Gasteiger partial charge >= 0.3 is 7.80 Å². The molecule has 0 saturated heterocycles. The first-order chi connectivity index (χ1) is 8.24. The Morgan fingerprint density at radius 2 is 1.53 bits per heavy atom. The Hall–Kier alpha value is -1.66. The van der Waals surface area contributed by atoms with Crippen LogP contribution >= 0.6 is 7.80 Å². The lowest BCUT2D eigenvalue weighted by atomic mass is 10.2. The lowest BCUT2D eigenvalue weighted by Crippen LogP contribution is -2.11. The fraction of sp³-hybridized carbons (Fsp3) is 0.143. The number of hydrogen-bond donors (Lipinski definition) is 0. The molecule has 86 valence electrons. The molecule has 0 amide bonds. The molecule has 2 aromatic carbocycles. The van der Waals surface area contributed by atoms with Gasteiger partial charge in [0.1, 0.15) is 0 Å². The molecule has 1 atom stereocenters. The third-order valence-corrected chi connectivity index (χ3v) is 4.38. The second-order valence-electron chi connectivity index (χ2n) is 3.75. The van der Waals surface area contributed by atoms with Crippen LogP contribution in [0.1, 0.15) is 5.56 Å². The van der Waals surface area contributed by atoms with Crippen molar-refractivity contribution < 1.29 is 9.30 Å². The first-order valence-corrected chi connectivity index (χ1v) is 6.66. The maximum atomic E-state index is 12.5. The molecule has 0 aromatic heterocycles. The van der Waals surface area contributed by atoms with Gasteiger partial charge in [-0.1, -0.05) is 34.9 Å². The third kappa shape index (κ3) is 2.37. The van der Waals surface area contributed by atoms with Crippen molar-refractivity contribution in [1.82, 2.24) is 0 Å². The van der Waals surface area contributed by atoms with E-state index in [1.54, 1.807) is 7.11 Å². The van der Waals surface area contributed by atoms with Crippen molar-refractivity contribution in [2.45, 2.75) is 6.92 Å². The molecule has 0 aliphatic heterocycles. The summed E-state index contributed by atoms with van der Waals surface area (Å²) in [7, 11) is 0.00384. The van der Waals surface area contributed by atoms with Gasteiger partial charge in [0.25, 0.3) is 0 Å². The average Bonchev–Trinajstić information content (AvgIpc) is 2.38. The van der Waals surface area contributed by atoms with Crippen LogP contribution in [-0.2, 0) is 4.57 Å². The zero-order valence-corrected chi connectivity index (χ0v) is 10.8. The molecule has 0 aliphatic carbocycles. The summed E-state index contributed by atoms with van der Waals surface area (Å²) in [5.41, 5.74) is 1.04. The van der Waals surface area contributed by atoms with Gasteiger partial charge in [-0.05, 0) is 25.1 Å². The van der Waals surface area contributed by atoms with Gasteiger partial charge in [-0.3, -0.25) is 0 Å². The Bertz CT molecular complexity index is 549. The van der Waals surface area contributed by atoms with Crippen LogP contribution in [0, 0.1) is 6.92 Å². The summed E-state index contributed by atoms with van der Waals surface area (Å²) in [4.78, 5) is 0. The highest BCUT2D eigenvalue weighted by molar-refractivity contribution is 7.61. The fourth-order valence-corrected chi connectivity index (χ4v) is 3.18. The average molecular weight is 245 g/mol. The molecule has 0 bridgehead atoms. The van der Waals surface area contributed by atoms with E-state index in [2.05, 4.69) is 0 Å². The van der Waals surface area contributed by atoms with Gasteiger partial charge in [-0.2, -0.15) is 0 Å². The summed E-state index contributed by atoms with van der Waals surface area (Å²) in [5.74, 6) is 0.678. The molecule has 0 radical (unpaired) electrons. The van der Waals surface area contributed by atoms with E-state index in [0.29, 0.717) is 5.75 Å². The van der Waals surface area contributed by atoms with Crippen LogP contribution in [0.25, 0.3) is 0 Å². The van der Waals surface area contributed by atoms with Gasteiger partial charge in [0.2, 0.25) is 5.30 Å². The topological polar surface area (TPSA) is 26.3 Å². The van der Waals surface area contributed by atoms with E-state index in [1.807, 2.05) is 55.5 Å². The van der Waals surface area contributed by atoms with E-state index in [9.17, 15) is 4.57 Å². The smallest absolute Gasteiger partial charge is 0.419 e. The molecule has 0 fully saturated rings. The minimum Gasteiger partial charge on any atom is -0.492 e. The summed E-state index contributed by atoms with van der Waals surface area (Å²) in [6.07, 6.45) is 0. The highest BCUT2D eigenvalue weighted by atomic mass is 31.1. The summed E-state index contributed by atoms with van der Waals surface area (Å²) in [6, 6.07) is 15.2. The summed E-state index contributed by atoms with van der Waals surface area (Å²) < 4.78 is 17.8. The molecule has 0 N–H and O–H groups in total. The zero-order valence-electron chi connectivity index (χ0n) is 9.88. The summed E-state index contributed by atoms with van der Waals surface area (Å²) in [6.45, 7) is 1.97. The number of hydrogen-bond acceptors (Lipinski definition) is 2. The number of benzene rings is 2. The third-order valence-electron chi connectivity index (χ3n) is 2.64. The lowest BCUT2D eigenvalue weighted by Gasteiger charge is -2.00. The molecule has 0 spiro atoms. The highest BCUT2D eigenvalue weighted by Crippen LogP contribution is 2.26. The number of para-hydroxylation sites is 1. The molecule has 0 aliphatic rings. The van der Waals surface area contributed by atoms with E-state index in [4.69, 9.17) is 4.74 Å². The minimum absolute atomic E-state index is 0.678. The van der Waals surface area contributed by atoms with Crippen molar-refractivity contribution in [3.8, 4) is 5.75 Å². The molecule has 2 rings (SSSR count). The Morgan fingerprint density at radius 3 is 2.18 bits per heavy atom. The van der Waals surface area contributed by atoms with Gasteiger partial charge in [0.05, 0.1) is 7.11 Å². The van der Waals surface area contributed by atoms with E-state index in [0.717, 1.165) is 16.2 Å². The summed E-state index contributed by atoms with van der Waals surface area (Å²) >= 11 is 0. The second kappa shape index (κ2) is 5.11. The Kier molecular flexibility index (Phi) is 3.55. The van der Waals surface area contributed by atoms with Crippen molar-refractivity contribution in [1.29, 1.82) is 0 Å². The van der Waals surface area contributed by atoms with Crippen molar-refractivity contribution in [2.24, 2.45) is 0 Å². The van der Waals surface area contributed by atoms with Crippen molar-refractivity contribution >= 4 is 18.4 Å². The summed E-state index contributed by atoms with van der Waals surface area (Å²) in [5, 5.41) is 1.62. The van der Waals surface area contributed by atoms with Crippen LogP contribution in [-0.4, -0.2) is 7.11 Å². The molecular weight excluding hydrogens is 231 g/mol. The standard InChI is InChI=1S/C14H14O2P/c1-11-7-3-5-9-13(11)17(15)14-10-6-4-8-12(14)16-2/h3-10H,1-2H3/q+1. The Morgan fingerprint density at radius 1 is 0.941 bits per heavy atom. The van der Waals surface area contributed by atoms with Crippen molar-refractivity contribution in [2.75, 3.05) is 7.11 Å². The predicted molar refractivity (Wildman–Crippen MR) is 71.0 cm³/mol. The van der Waals surface area contributed by atoms with E-state index >= 15 is 0 Å². The van der Waals surface area contributed by atoms with E-state index in [-0.39, 0.29) is 0 Å². The van der Waals surface area contributed by atoms with Crippen LogP contribution in [0.15, 0.2) is 48.5 Å². The van der Waals surface area contributed by atoms with Gasteiger partial charge in [0.15, 0.2) is 11.1 Å². The van der Waals surface area contributed by atoms with E-state index in [1.165, 1.54) is 0 Å². The number of rotatable bonds is 3. The molecule has 3 heteroatoms. The first kappa shape index (κ1) is 11.8. The highest BCUT2D eigenvalue weighted by Gasteiger charge is 2.28. The second-order valence-corrected chi connectivity index (χ2v) is 5.31. The molecule has 2 aromatic rings. The molecule has 0 saturated carbocycles. The van der Waals surface area contributed by atoms with Crippen LogP contribution in [0.5, 0.6) is 5.75 Å². The molecule has 17 heavy (non-hydrogen) atoms. The molecule has 0 heterocycles. The fourth-order valence-electron chi connectivity index (χ4n) is 1.72. The maximum absolute atomic E-state index is 12.5. The molecular formula is C14H14O2P+. The predicted octanol–water partition coefficient (Wildman–Crippen LogP) is 2.78. The van der Waals surface area contributed by atoms with Gasteiger partial charge in [-0.25, -0.2) is 0 Å². The SMILES string of the molecule is COc1ccccc1[P+](=O)c1ccccc1C. The van der Waals surface area contributed by atoms with Crippen LogP contribution < -0.4 is 15.3 Å². The Balaban J connectivity index is 2.48.